The molecule has 0 aliphatic carbocycles. The van der Waals surface area contributed by atoms with Crippen molar-refractivity contribution in [2.75, 3.05) is 32.5 Å². The van der Waals surface area contributed by atoms with Crippen LogP contribution in [0.4, 0.5) is 5.82 Å². The van der Waals surface area contributed by atoms with E-state index in [0.29, 0.717) is 18.9 Å². The lowest BCUT2D eigenvalue weighted by molar-refractivity contribution is -0.121. The fourth-order valence-corrected chi connectivity index (χ4v) is 2.09. The van der Waals surface area contributed by atoms with Gasteiger partial charge in [0.1, 0.15) is 11.6 Å². The maximum absolute atomic E-state index is 11.5. The number of fused-ring (bicyclic) bond motifs is 1. The third-order valence-corrected chi connectivity index (χ3v) is 3.33. The third-order valence-electron chi connectivity index (χ3n) is 3.33. The molecule has 21 heavy (non-hydrogen) atoms. The van der Waals surface area contributed by atoms with Crippen LogP contribution in [-0.4, -0.2) is 57.7 Å². The van der Waals surface area contributed by atoms with Gasteiger partial charge in [-0.25, -0.2) is 9.97 Å². The normalized spacial score (nSPS) is 11.1. The predicted molar refractivity (Wildman–Crippen MR) is 80.9 cm³/mol. The number of nitrogens with zero attached hydrogens (tertiary/aromatic N) is 5. The maximum atomic E-state index is 11.5. The lowest BCUT2D eigenvalue weighted by atomic mass is 10.3. The highest BCUT2D eigenvalue weighted by Crippen LogP contribution is 2.19. The van der Waals surface area contributed by atoms with Gasteiger partial charge in [-0.3, -0.25) is 14.4 Å². The first-order valence-electron chi connectivity index (χ1n) is 6.88. The lowest BCUT2D eigenvalue weighted by Crippen LogP contribution is -2.35. The predicted octanol–water partition coefficient (Wildman–Crippen LogP) is -0.0271. The zero-order chi connectivity index (χ0) is 15.4. The summed E-state index contributed by atoms with van der Waals surface area (Å²) in [5.41, 5.74) is 0.778. The van der Waals surface area contributed by atoms with Crippen LogP contribution < -0.4 is 10.6 Å². The molecule has 0 bridgehead atoms. The molecule has 114 valence electrons. The zero-order valence-electron chi connectivity index (χ0n) is 12.8. The number of amides is 1. The first kappa shape index (κ1) is 15.2. The van der Waals surface area contributed by atoms with Gasteiger partial charge in [-0.2, -0.15) is 5.10 Å². The first-order valence-corrected chi connectivity index (χ1v) is 6.88. The van der Waals surface area contributed by atoms with E-state index < -0.39 is 0 Å². The average Bonchev–Trinajstić information content (AvgIpc) is 2.87. The Kier molecular flexibility index (Phi) is 4.69. The summed E-state index contributed by atoms with van der Waals surface area (Å²) in [5, 5.41) is 10.8. The minimum atomic E-state index is -0.0210. The van der Waals surface area contributed by atoms with E-state index in [0.717, 1.165) is 23.4 Å². The SMILES string of the molecule is CCN(CC(=O)NC)Cc1nc(NC)c2cnn(C)c2n1. The van der Waals surface area contributed by atoms with Gasteiger partial charge >= 0.3 is 0 Å². The van der Waals surface area contributed by atoms with Crippen LogP contribution in [0.25, 0.3) is 11.0 Å². The highest BCUT2D eigenvalue weighted by Gasteiger charge is 2.14. The molecule has 0 atom stereocenters. The maximum Gasteiger partial charge on any atom is 0.233 e. The van der Waals surface area contributed by atoms with Gasteiger partial charge in [0.15, 0.2) is 5.65 Å². The van der Waals surface area contributed by atoms with E-state index >= 15 is 0 Å². The molecule has 8 nitrogen and oxygen atoms in total. The van der Waals surface area contributed by atoms with Gasteiger partial charge in [0, 0.05) is 21.1 Å². The number of rotatable bonds is 6. The van der Waals surface area contributed by atoms with Crippen LogP contribution in [0.1, 0.15) is 12.7 Å². The second-order valence-electron chi connectivity index (χ2n) is 4.72. The molecule has 0 spiro atoms. The Morgan fingerprint density at radius 3 is 2.76 bits per heavy atom. The molecule has 0 saturated carbocycles. The lowest BCUT2D eigenvalue weighted by Gasteiger charge is -2.18. The number of hydrogen-bond acceptors (Lipinski definition) is 6. The number of aromatic nitrogens is 4. The standard InChI is InChI=1S/C13H21N7O/c1-5-20(8-11(21)14-2)7-10-17-12(15-3)9-6-16-19(4)13(9)18-10/h6H,5,7-8H2,1-4H3,(H,14,21)(H,15,17,18). The quantitative estimate of drug-likeness (QED) is 0.777. The molecule has 8 heteroatoms. The molecule has 1 amide bonds. The van der Waals surface area contributed by atoms with Gasteiger partial charge < -0.3 is 10.6 Å². The van der Waals surface area contributed by atoms with E-state index in [4.69, 9.17) is 0 Å². The molecule has 0 aliphatic rings. The smallest absolute Gasteiger partial charge is 0.233 e. The molecule has 0 saturated heterocycles. The largest absolute Gasteiger partial charge is 0.372 e. The summed E-state index contributed by atoms with van der Waals surface area (Å²) in [6.45, 7) is 3.59. The third kappa shape index (κ3) is 3.27. The van der Waals surface area contributed by atoms with E-state index in [2.05, 4.69) is 25.7 Å². The van der Waals surface area contributed by atoms with Gasteiger partial charge in [0.2, 0.25) is 5.91 Å². The number of carbonyl (C=O) groups excluding carboxylic acids is 1. The minimum Gasteiger partial charge on any atom is -0.372 e. The molecule has 0 unspecified atom stereocenters. The van der Waals surface area contributed by atoms with Crippen molar-refractivity contribution in [2.45, 2.75) is 13.5 Å². The van der Waals surface area contributed by atoms with E-state index in [-0.39, 0.29) is 5.91 Å². The average molecular weight is 291 g/mol. The summed E-state index contributed by atoms with van der Waals surface area (Å²) in [7, 11) is 5.30. The Balaban J connectivity index is 2.28. The molecule has 2 rings (SSSR count). The second-order valence-corrected chi connectivity index (χ2v) is 4.72. The molecule has 2 aromatic rings. The molecule has 0 aliphatic heterocycles. The summed E-state index contributed by atoms with van der Waals surface area (Å²) in [6.07, 6.45) is 1.74. The van der Waals surface area contributed by atoms with Crippen molar-refractivity contribution < 1.29 is 4.79 Å². The van der Waals surface area contributed by atoms with E-state index in [1.54, 1.807) is 17.9 Å². The van der Waals surface area contributed by atoms with E-state index in [9.17, 15) is 4.79 Å². The topological polar surface area (TPSA) is 88.0 Å². The molecule has 2 N–H and O–H groups in total. The highest BCUT2D eigenvalue weighted by molar-refractivity contribution is 5.86. The van der Waals surface area contributed by atoms with Crippen LogP contribution in [0.15, 0.2) is 6.20 Å². The number of hydrogen-bond donors (Lipinski definition) is 2. The van der Waals surface area contributed by atoms with E-state index in [1.165, 1.54) is 0 Å². The van der Waals surface area contributed by atoms with Crippen LogP contribution >= 0.6 is 0 Å². The summed E-state index contributed by atoms with van der Waals surface area (Å²) in [5.74, 6) is 1.40. The van der Waals surface area contributed by atoms with Gasteiger partial charge in [0.05, 0.1) is 24.7 Å². The van der Waals surface area contributed by atoms with Crippen molar-refractivity contribution in [1.29, 1.82) is 0 Å². The van der Waals surface area contributed by atoms with Gasteiger partial charge in [0.25, 0.3) is 0 Å². The zero-order valence-corrected chi connectivity index (χ0v) is 12.8. The molecule has 0 aromatic carbocycles. The summed E-state index contributed by atoms with van der Waals surface area (Å²) in [6, 6.07) is 0. The molecule has 2 aromatic heterocycles. The summed E-state index contributed by atoms with van der Waals surface area (Å²) < 4.78 is 1.72. The minimum absolute atomic E-state index is 0.0210. The van der Waals surface area contributed by atoms with Gasteiger partial charge in [-0.05, 0) is 6.54 Å². The first-order chi connectivity index (χ1) is 10.1. The van der Waals surface area contributed by atoms with Crippen molar-refractivity contribution in [3.05, 3.63) is 12.0 Å². The van der Waals surface area contributed by atoms with Crippen LogP contribution in [0.3, 0.4) is 0 Å². The van der Waals surface area contributed by atoms with E-state index in [1.807, 2.05) is 25.9 Å². The highest BCUT2D eigenvalue weighted by atomic mass is 16.1. The summed E-state index contributed by atoms with van der Waals surface area (Å²) >= 11 is 0. The Labute approximate surface area is 123 Å². The van der Waals surface area contributed by atoms with Gasteiger partial charge in [-0.1, -0.05) is 6.92 Å². The van der Waals surface area contributed by atoms with Crippen molar-refractivity contribution in [1.82, 2.24) is 30.0 Å². The van der Waals surface area contributed by atoms with Crippen molar-refractivity contribution in [3.8, 4) is 0 Å². The molecule has 0 fully saturated rings. The van der Waals surface area contributed by atoms with Crippen LogP contribution in [0, 0.1) is 0 Å². The Bertz CT molecular complexity index is 637. The molecular weight excluding hydrogens is 270 g/mol. The van der Waals surface area contributed by atoms with Crippen LogP contribution in [-0.2, 0) is 18.4 Å². The molecule has 2 heterocycles. The number of aryl methyl sites for hydroxylation is 1. The number of nitrogens with one attached hydrogen (secondary N) is 2. The molecule has 0 radical (unpaired) electrons. The molecular formula is C13H21N7O. The fraction of sp³-hybridized carbons (Fsp3) is 0.538. The Morgan fingerprint density at radius 1 is 1.38 bits per heavy atom. The second kappa shape index (κ2) is 6.49. The van der Waals surface area contributed by atoms with Crippen molar-refractivity contribution in [3.63, 3.8) is 0 Å². The Hall–Kier alpha value is -2.22. The number of carbonyl (C=O) groups is 1. The van der Waals surface area contributed by atoms with Crippen LogP contribution in [0.5, 0.6) is 0 Å². The van der Waals surface area contributed by atoms with Crippen LogP contribution in [0.2, 0.25) is 0 Å². The van der Waals surface area contributed by atoms with Crippen molar-refractivity contribution >= 4 is 22.8 Å². The number of likely N-dealkylation sites (N-methyl/N-ethyl adjacent to an activating group) is 2. The van der Waals surface area contributed by atoms with Crippen molar-refractivity contribution in [2.24, 2.45) is 7.05 Å². The van der Waals surface area contributed by atoms with Gasteiger partial charge in [-0.15, -0.1) is 0 Å². The summed E-state index contributed by atoms with van der Waals surface area (Å²) in [4.78, 5) is 22.5. The number of anilines is 1. The Morgan fingerprint density at radius 2 is 2.14 bits per heavy atom. The fourth-order valence-electron chi connectivity index (χ4n) is 2.09. The monoisotopic (exact) mass is 291 g/mol.